The minimum absolute atomic E-state index is 0.247. The Bertz CT molecular complexity index is 1220. The summed E-state index contributed by atoms with van der Waals surface area (Å²) in [4.78, 5) is 25.8. The summed E-state index contributed by atoms with van der Waals surface area (Å²) >= 11 is 6.13. The van der Waals surface area contributed by atoms with E-state index in [0.29, 0.717) is 34.9 Å². The third-order valence-electron chi connectivity index (χ3n) is 4.37. The lowest BCUT2D eigenvalue weighted by atomic mass is 10.2. The van der Waals surface area contributed by atoms with Crippen LogP contribution in [0.15, 0.2) is 48.7 Å². The van der Waals surface area contributed by atoms with Crippen molar-refractivity contribution in [2.75, 3.05) is 11.9 Å². The van der Waals surface area contributed by atoms with Crippen molar-refractivity contribution in [2.45, 2.75) is 20.3 Å². The number of nitrogens with zero attached hydrogens (tertiary/aromatic N) is 5. The second-order valence-corrected chi connectivity index (χ2v) is 6.76. The second kappa shape index (κ2) is 8.46. The van der Waals surface area contributed by atoms with Crippen LogP contribution in [0.3, 0.4) is 0 Å². The van der Waals surface area contributed by atoms with Gasteiger partial charge in [0.15, 0.2) is 11.6 Å². The average Bonchev–Trinajstić information content (AvgIpc) is 3.16. The fourth-order valence-electron chi connectivity index (χ4n) is 2.98. The molecule has 0 aliphatic heterocycles. The van der Waals surface area contributed by atoms with Crippen LogP contribution < -0.4 is 5.32 Å². The zero-order valence-electron chi connectivity index (χ0n) is 16.5. The molecule has 0 atom stereocenters. The van der Waals surface area contributed by atoms with Gasteiger partial charge in [0.05, 0.1) is 18.3 Å². The molecular weight excluding hydrogens is 404 g/mol. The first kappa shape index (κ1) is 19.8. The highest BCUT2D eigenvalue weighted by molar-refractivity contribution is 6.29. The summed E-state index contributed by atoms with van der Waals surface area (Å²) in [6.45, 7) is 3.93. The first-order valence-corrected chi connectivity index (χ1v) is 9.88. The van der Waals surface area contributed by atoms with Crippen molar-refractivity contribution in [1.29, 1.82) is 0 Å². The van der Waals surface area contributed by atoms with Crippen LogP contribution in [-0.2, 0) is 11.2 Å². The number of hydrogen-bond donors (Lipinski definition) is 1. The lowest BCUT2D eigenvalue weighted by molar-refractivity contribution is 0.0527. The summed E-state index contributed by atoms with van der Waals surface area (Å²) in [5.41, 5.74) is 1.08. The van der Waals surface area contributed by atoms with Gasteiger partial charge in [-0.25, -0.2) is 19.7 Å². The van der Waals surface area contributed by atoms with E-state index in [1.807, 2.05) is 43.3 Å². The van der Waals surface area contributed by atoms with Gasteiger partial charge in [0.2, 0.25) is 0 Å². The van der Waals surface area contributed by atoms with Crippen LogP contribution in [0, 0.1) is 0 Å². The number of nitrogens with one attached hydrogen (secondary N) is 1. The number of aromatic nitrogens is 5. The molecule has 1 aromatic carbocycles. The highest BCUT2D eigenvalue weighted by atomic mass is 35.5. The maximum absolute atomic E-state index is 12.5. The highest BCUT2D eigenvalue weighted by Gasteiger charge is 2.21. The number of anilines is 2. The van der Waals surface area contributed by atoms with Crippen molar-refractivity contribution >= 4 is 40.1 Å². The van der Waals surface area contributed by atoms with Crippen molar-refractivity contribution < 1.29 is 9.53 Å². The lowest BCUT2D eigenvalue weighted by Gasteiger charge is -2.12. The molecule has 0 fully saturated rings. The number of carbonyl (C=O) groups excluding carboxylic acids is 1. The van der Waals surface area contributed by atoms with E-state index < -0.39 is 5.97 Å². The first-order chi connectivity index (χ1) is 14.6. The number of fused-ring (bicyclic) bond motifs is 1. The Kier molecular flexibility index (Phi) is 5.58. The van der Waals surface area contributed by atoms with Gasteiger partial charge in [-0.3, -0.25) is 0 Å². The van der Waals surface area contributed by atoms with E-state index in [-0.39, 0.29) is 12.2 Å². The number of para-hydroxylation sites is 1. The molecule has 0 unspecified atom stereocenters. The third kappa shape index (κ3) is 3.95. The Labute approximate surface area is 177 Å². The van der Waals surface area contributed by atoms with Gasteiger partial charge in [0.25, 0.3) is 0 Å². The molecule has 0 aliphatic carbocycles. The van der Waals surface area contributed by atoms with Crippen LogP contribution in [0.5, 0.6) is 0 Å². The monoisotopic (exact) mass is 422 g/mol. The Morgan fingerprint density at radius 1 is 1.13 bits per heavy atom. The summed E-state index contributed by atoms with van der Waals surface area (Å²) in [6.07, 6.45) is 2.06. The number of pyridine rings is 1. The van der Waals surface area contributed by atoms with Gasteiger partial charge >= 0.3 is 5.97 Å². The molecular formula is C21H19ClN6O2. The Morgan fingerprint density at radius 2 is 1.97 bits per heavy atom. The standard InChI is InChI=1S/C21H19ClN6O2/c1-3-17-25-16(22)11-18(26-17)27-20-14(21(29)30-4-2)12-23-28(20)19-10-9-13-7-5-6-8-15(13)24-19/h5-12H,3-4H2,1-2H3,(H,25,26,27). The Hall–Kier alpha value is -3.52. The number of hydrogen-bond acceptors (Lipinski definition) is 7. The summed E-state index contributed by atoms with van der Waals surface area (Å²) in [5, 5.41) is 8.82. The number of aryl methyl sites for hydroxylation is 1. The molecule has 4 rings (SSSR count). The number of carbonyl (C=O) groups is 1. The lowest BCUT2D eigenvalue weighted by Crippen LogP contribution is -2.11. The number of halogens is 1. The number of rotatable bonds is 6. The van der Waals surface area contributed by atoms with E-state index in [4.69, 9.17) is 16.3 Å². The topological polar surface area (TPSA) is 94.8 Å². The van der Waals surface area contributed by atoms with E-state index in [2.05, 4.69) is 25.4 Å². The smallest absolute Gasteiger partial charge is 0.343 e. The molecule has 0 radical (unpaired) electrons. The molecule has 3 heterocycles. The molecule has 152 valence electrons. The maximum Gasteiger partial charge on any atom is 0.343 e. The fraction of sp³-hybridized carbons (Fsp3) is 0.190. The van der Waals surface area contributed by atoms with E-state index in [0.717, 1.165) is 10.9 Å². The molecule has 0 bridgehead atoms. The summed E-state index contributed by atoms with van der Waals surface area (Å²) < 4.78 is 6.72. The zero-order chi connectivity index (χ0) is 21.1. The fourth-order valence-corrected chi connectivity index (χ4v) is 3.18. The van der Waals surface area contributed by atoms with Crippen LogP contribution in [-0.4, -0.2) is 37.3 Å². The quantitative estimate of drug-likeness (QED) is 0.364. The van der Waals surface area contributed by atoms with Crippen LogP contribution in [0.2, 0.25) is 5.15 Å². The van der Waals surface area contributed by atoms with Crippen molar-refractivity contribution in [3.8, 4) is 5.82 Å². The maximum atomic E-state index is 12.5. The Morgan fingerprint density at radius 3 is 2.77 bits per heavy atom. The minimum Gasteiger partial charge on any atom is -0.462 e. The van der Waals surface area contributed by atoms with Crippen LogP contribution in [0.25, 0.3) is 16.7 Å². The zero-order valence-corrected chi connectivity index (χ0v) is 17.2. The van der Waals surface area contributed by atoms with Crippen molar-refractivity contribution in [2.24, 2.45) is 0 Å². The second-order valence-electron chi connectivity index (χ2n) is 6.37. The van der Waals surface area contributed by atoms with Crippen LogP contribution >= 0.6 is 11.6 Å². The molecule has 0 saturated heterocycles. The molecule has 3 aromatic heterocycles. The highest BCUT2D eigenvalue weighted by Crippen LogP contribution is 2.26. The number of ether oxygens (including phenoxy) is 1. The van der Waals surface area contributed by atoms with Crippen molar-refractivity contribution in [3.05, 3.63) is 65.2 Å². The van der Waals surface area contributed by atoms with Gasteiger partial charge in [0, 0.05) is 17.9 Å². The largest absolute Gasteiger partial charge is 0.462 e. The molecule has 0 amide bonds. The van der Waals surface area contributed by atoms with Crippen molar-refractivity contribution in [3.63, 3.8) is 0 Å². The van der Waals surface area contributed by atoms with E-state index in [9.17, 15) is 4.79 Å². The Balaban J connectivity index is 1.82. The molecule has 4 aromatic rings. The van der Waals surface area contributed by atoms with Gasteiger partial charge in [-0.05, 0) is 25.1 Å². The summed E-state index contributed by atoms with van der Waals surface area (Å²) in [7, 11) is 0. The minimum atomic E-state index is -0.497. The van der Waals surface area contributed by atoms with Gasteiger partial charge in [-0.1, -0.05) is 36.7 Å². The predicted octanol–water partition coefficient (Wildman–Crippen LogP) is 4.35. The summed E-state index contributed by atoms with van der Waals surface area (Å²) in [6, 6.07) is 13.1. The molecule has 9 heteroatoms. The first-order valence-electron chi connectivity index (χ1n) is 9.50. The van der Waals surface area contributed by atoms with Crippen molar-refractivity contribution in [1.82, 2.24) is 24.7 Å². The average molecular weight is 423 g/mol. The molecule has 30 heavy (non-hydrogen) atoms. The van der Waals surface area contributed by atoms with E-state index in [1.165, 1.54) is 6.20 Å². The normalized spacial score (nSPS) is 10.9. The van der Waals surface area contributed by atoms with E-state index >= 15 is 0 Å². The molecule has 1 N–H and O–H groups in total. The van der Waals surface area contributed by atoms with Gasteiger partial charge in [-0.2, -0.15) is 9.78 Å². The molecule has 0 spiro atoms. The molecule has 0 saturated carbocycles. The third-order valence-corrected chi connectivity index (χ3v) is 4.56. The van der Waals surface area contributed by atoms with Gasteiger partial charge in [-0.15, -0.1) is 0 Å². The summed E-state index contributed by atoms with van der Waals surface area (Å²) in [5.74, 6) is 1.45. The number of benzene rings is 1. The predicted molar refractivity (Wildman–Crippen MR) is 115 cm³/mol. The van der Waals surface area contributed by atoms with Crippen LogP contribution in [0.1, 0.15) is 30.0 Å². The SMILES string of the molecule is CCOC(=O)c1cnn(-c2ccc3ccccc3n2)c1Nc1cc(Cl)nc(CC)n1. The molecule has 0 aliphatic rings. The van der Waals surface area contributed by atoms with Gasteiger partial charge in [0.1, 0.15) is 22.4 Å². The van der Waals surface area contributed by atoms with E-state index in [1.54, 1.807) is 17.7 Å². The molecule has 8 nitrogen and oxygen atoms in total. The number of esters is 1. The van der Waals surface area contributed by atoms with Gasteiger partial charge < -0.3 is 10.1 Å². The van der Waals surface area contributed by atoms with Crippen LogP contribution in [0.4, 0.5) is 11.6 Å².